The fraction of sp³-hybridized carbons (Fsp3) is 0.455. The first-order valence-electron chi connectivity index (χ1n) is 5.09. The second-order valence-electron chi connectivity index (χ2n) is 4.15. The zero-order valence-corrected chi connectivity index (χ0v) is 9.61. The molecular weight excluding hydrogens is 279 g/mol. The van der Waals surface area contributed by atoms with E-state index in [2.05, 4.69) is 0 Å². The average Bonchev–Trinajstić information content (AvgIpc) is 2.10. The molecular formula is C11H10F7N. The van der Waals surface area contributed by atoms with Gasteiger partial charge in [-0.3, -0.25) is 0 Å². The van der Waals surface area contributed by atoms with Gasteiger partial charge in [-0.05, 0) is 30.2 Å². The Bertz CT molecular complexity index is 415. The third kappa shape index (κ3) is 3.82. The Labute approximate surface area is 104 Å². The van der Waals surface area contributed by atoms with Crippen molar-refractivity contribution in [2.24, 2.45) is 11.7 Å². The van der Waals surface area contributed by atoms with Crippen molar-refractivity contribution in [3.05, 3.63) is 35.1 Å². The van der Waals surface area contributed by atoms with E-state index >= 15 is 0 Å². The van der Waals surface area contributed by atoms with Crippen LogP contribution in [0.4, 0.5) is 30.7 Å². The second-order valence-corrected chi connectivity index (χ2v) is 4.15. The second kappa shape index (κ2) is 4.99. The fourth-order valence-electron chi connectivity index (χ4n) is 1.74. The molecule has 2 N–H and O–H groups in total. The van der Waals surface area contributed by atoms with E-state index in [1.54, 1.807) is 0 Å². The Hall–Kier alpha value is -1.31. The summed E-state index contributed by atoms with van der Waals surface area (Å²) in [6.45, 7) is 1.34. The molecule has 1 rings (SSSR count). The highest BCUT2D eigenvalue weighted by Gasteiger charge is 2.59. The summed E-state index contributed by atoms with van der Waals surface area (Å²) in [5, 5.41) is 0. The summed E-state index contributed by atoms with van der Waals surface area (Å²) in [5.41, 5.74) is 4.69. The fourth-order valence-corrected chi connectivity index (χ4v) is 1.74. The van der Waals surface area contributed by atoms with Crippen LogP contribution in [-0.4, -0.2) is 12.4 Å². The predicted octanol–water partition coefficient (Wildman–Crippen LogP) is 3.87. The highest BCUT2D eigenvalue weighted by molar-refractivity contribution is 5.27. The van der Waals surface area contributed by atoms with Crippen LogP contribution >= 0.6 is 0 Å². The van der Waals surface area contributed by atoms with Gasteiger partial charge in [0.05, 0.1) is 6.04 Å². The molecule has 19 heavy (non-hydrogen) atoms. The van der Waals surface area contributed by atoms with Gasteiger partial charge in [-0.2, -0.15) is 26.3 Å². The third-order valence-electron chi connectivity index (χ3n) is 2.51. The Kier molecular flexibility index (Phi) is 4.14. The van der Waals surface area contributed by atoms with Crippen molar-refractivity contribution in [3.63, 3.8) is 0 Å². The molecule has 0 radical (unpaired) electrons. The molecule has 0 spiro atoms. The summed E-state index contributed by atoms with van der Waals surface area (Å²) in [4.78, 5) is 0. The number of rotatable bonds is 2. The number of nitrogens with two attached hydrogens (primary N) is 1. The van der Waals surface area contributed by atoms with Gasteiger partial charge < -0.3 is 5.73 Å². The smallest absolute Gasteiger partial charge is 0.323 e. The van der Waals surface area contributed by atoms with Crippen molar-refractivity contribution in [1.82, 2.24) is 0 Å². The van der Waals surface area contributed by atoms with Gasteiger partial charge >= 0.3 is 12.4 Å². The van der Waals surface area contributed by atoms with Crippen LogP contribution in [0.2, 0.25) is 0 Å². The topological polar surface area (TPSA) is 26.0 Å². The van der Waals surface area contributed by atoms with Crippen LogP contribution in [0.5, 0.6) is 0 Å². The number of alkyl halides is 6. The Morgan fingerprint density at radius 2 is 1.42 bits per heavy atom. The van der Waals surface area contributed by atoms with E-state index in [4.69, 9.17) is 5.73 Å². The van der Waals surface area contributed by atoms with Crippen LogP contribution in [0.15, 0.2) is 18.2 Å². The molecule has 0 saturated carbocycles. The standard InChI is InChI=1S/C11H10F7N/c1-5-2-6(4-7(12)3-5)8(19)9(10(13,14)15)11(16,17)18/h2-4,8-9H,19H2,1H3. The summed E-state index contributed by atoms with van der Waals surface area (Å²) in [6, 6.07) is 0.140. The van der Waals surface area contributed by atoms with Crippen molar-refractivity contribution in [1.29, 1.82) is 0 Å². The Morgan fingerprint density at radius 3 is 1.79 bits per heavy atom. The first-order valence-corrected chi connectivity index (χ1v) is 5.09. The molecule has 0 heterocycles. The van der Waals surface area contributed by atoms with Crippen LogP contribution in [0, 0.1) is 18.7 Å². The molecule has 0 aromatic heterocycles. The number of hydrogen-bond acceptors (Lipinski definition) is 1. The van der Waals surface area contributed by atoms with E-state index in [1.807, 2.05) is 0 Å². The number of halogens is 7. The van der Waals surface area contributed by atoms with E-state index < -0.39 is 35.7 Å². The monoisotopic (exact) mass is 289 g/mol. The minimum Gasteiger partial charge on any atom is -0.323 e. The van der Waals surface area contributed by atoms with Crippen LogP contribution in [0.1, 0.15) is 17.2 Å². The third-order valence-corrected chi connectivity index (χ3v) is 2.51. The Balaban J connectivity index is 3.24. The Morgan fingerprint density at radius 1 is 0.947 bits per heavy atom. The van der Waals surface area contributed by atoms with E-state index in [0.717, 1.165) is 12.1 Å². The molecule has 0 fully saturated rings. The highest BCUT2D eigenvalue weighted by atomic mass is 19.4. The van der Waals surface area contributed by atoms with Crippen molar-refractivity contribution in [3.8, 4) is 0 Å². The van der Waals surface area contributed by atoms with Crippen LogP contribution in [0.25, 0.3) is 0 Å². The van der Waals surface area contributed by atoms with Crippen LogP contribution in [-0.2, 0) is 0 Å². The molecule has 1 aromatic rings. The van der Waals surface area contributed by atoms with Gasteiger partial charge in [-0.25, -0.2) is 4.39 Å². The van der Waals surface area contributed by atoms with E-state index in [-0.39, 0.29) is 5.56 Å². The van der Waals surface area contributed by atoms with Crippen LogP contribution < -0.4 is 5.73 Å². The zero-order valence-electron chi connectivity index (χ0n) is 9.61. The molecule has 0 bridgehead atoms. The molecule has 108 valence electrons. The summed E-state index contributed by atoms with van der Waals surface area (Å²) in [7, 11) is 0. The number of hydrogen-bond donors (Lipinski definition) is 1. The molecule has 0 amide bonds. The molecule has 0 saturated heterocycles. The molecule has 1 aromatic carbocycles. The lowest BCUT2D eigenvalue weighted by Gasteiger charge is -2.28. The van der Waals surface area contributed by atoms with E-state index in [9.17, 15) is 30.7 Å². The first kappa shape index (κ1) is 15.7. The van der Waals surface area contributed by atoms with Crippen molar-refractivity contribution in [2.45, 2.75) is 25.3 Å². The minimum absolute atomic E-state index is 0.188. The van der Waals surface area contributed by atoms with Crippen molar-refractivity contribution < 1.29 is 30.7 Å². The zero-order chi connectivity index (χ0) is 15.0. The molecule has 0 aliphatic heterocycles. The lowest BCUT2D eigenvalue weighted by atomic mass is 9.91. The maximum atomic E-state index is 13.0. The number of benzene rings is 1. The van der Waals surface area contributed by atoms with Gasteiger partial charge in [0.2, 0.25) is 0 Å². The quantitative estimate of drug-likeness (QED) is 0.822. The van der Waals surface area contributed by atoms with Gasteiger partial charge in [0, 0.05) is 0 Å². The first-order chi connectivity index (χ1) is 8.43. The summed E-state index contributed by atoms with van der Waals surface area (Å²) in [6.07, 6.45) is -11.1. The van der Waals surface area contributed by atoms with Gasteiger partial charge in [-0.1, -0.05) is 6.07 Å². The SMILES string of the molecule is Cc1cc(F)cc(C(N)C(C(F)(F)F)C(F)(F)F)c1. The van der Waals surface area contributed by atoms with Crippen molar-refractivity contribution >= 4 is 0 Å². The van der Waals surface area contributed by atoms with E-state index in [0.29, 0.717) is 6.07 Å². The largest absolute Gasteiger partial charge is 0.402 e. The lowest BCUT2D eigenvalue weighted by molar-refractivity contribution is -0.290. The van der Waals surface area contributed by atoms with Gasteiger partial charge in [-0.15, -0.1) is 0 Å². The van der Waals surface area contributed by atoms with E-state index in [1.165, 1.54) is 6.92 Å². The van der Waals surface area contributed by atoms with Gasteiger partial charge in [0.1, 0.15) is 5.82 Å². The highest BCUT2D eigenvalue weighted by Crippen LogP contribution is 2.45. The molecule has 0 aliphatic rings. The molecule has 1 nitrogen and oxygen atoms in total. The number of aryl methyl sites for hydroxylation is 1. The normalized spacial score (nSPS) is 14.8. The summed E-state index contributed by atoms with van der Waals surface area (Å²) in [5.74, 6) is -4.67. The lowest BCUT2D eigenvalue weighted by Crippen LogP contribution is -2.44. The van der Waals surface area contributed by atoms with Gasteiger partial charge in [0.25, 0.3) is 0 Å². The maximum Gasteiger partial charge on any atom is 0.402 e. The molecule has 1 unspecified atom stereocenters. The predicted molar refractivity (Wildman–Crippen MR) is 53.7 cm³/mol. The molecule has 8 heteroatoms. The average molecular weight is 289 g/mol. The van der Waals surface area contributed by atoms with Crippen molar-refractivity contribution in [2.75, 3.05) is 0 Å². The minimum atomic E-state index is -5.56. The van der Waals surface area contributed by atoms with Gasteiger partial charge in [0.15, 0.2) is 5.92 Å². The molecule has 1 atom stereocenters. The molecule has 0 aliphatic carbocycles. The maximum absolute atomic E-state index is 13.0. The summed E-state index contributed by atoms with van der Waals surface area (Å²) < 4.78 is 87.8. The van der Waals surface area contributed by atoms with Crippen LogP contribution in [0.3, 0.4) is 0 Å². The summed E-state index contributed by atoms with van der Waals surface area (Å²) >= 11 is 0.